The topological polar surface area (TPSA) is 56.5 Å². The average molecular weight is 284 g/mol. The number of alkyl halides is 1. The number of esters is 1. The summed E-state index contributed by atoms with van der Waals surface area (Å²) in [7, 11) is 0. The van der Waals surface area contributed by atoms with Crippen LogP contribution in [0.5, 0.6) is 0 Å². The van der Waals surface area contributed by atoms with Gasteiger partial charge in [-0.25, -0.2) is 14.3 Å². The Labute approximate surface area is 101 Å². The SMILES string of the molecule is CCOC(=O)c1cnn2cc(CBr)cnc12. The van der Waals surface area contributed by atoms with Crippen LogP contribution in [0.15, 0.2) is 18.6 Å². The fraction of sp³-hybridized carbons (Fsp3) is 0.300. The molecule has 0 N–H and O–H groups in total. The van der Waals surface area contributed by atoms with Crippen LogP contribution in [-0.2, 0) is 10.1 Å². The van der Waals surface area contributed by atoms with Gasteiger partial charge in [-0.1, -0.05) is 15.9 Å². The van der Waals surface area contributed by atoms with Crippen LogP contribution in [0.25, 0.3) is 5.65 Å². The number of carbonyl (C=O) groups is 1. The number of hydrogen-bond donors (Lipinski definition) is 0. The van der Waals surface area contributed by atoms with Crippen LogP contribution in [0, 0.1) is 0 Å². The number of rotatable bonds is 3. The van der Waals surface area contributed by atoms with Crippen LogP contribution in [0.3, 0.4) is 0 Å². The van der Waals surface area contributed by atoms with Gasteiger partial charge < -0.3 is 4.74 Å². The molecule has 0 aliphatic heterocycles. The second kappa shape index (κ2) is 4.61. The molecule has 2 heterocycles. The molecule has 2 aromatic heterocycles. The van der Waals surface area contributed by atoms with Gasteiger partial charge in [-0.2, -0.15) is 5.10 Å². The van der Waals surface area contributed by atoms with Crippen LogP contribution >= 0.6 is 15.9 Å². The Morgan fingerprint density at radius 1 is 1.56 bits per heavy atom. The van der Waals surface area contributed by atoms with Crippen LogP contribution in [0.1, 0.15) is 22.8 Å². The van der Waals surface area contributed by atoms with Crippen molar-refractivity contribution < 1.29 is 9.53 Å². The van der Waals surface area contributed by atoms with E-state index in [2.05, 4.69) is 26.0 Å². The first-order chi connectivity index (χ1) is 7.76. The zero-order chi connectivity index (χ0) is 11.5. The highest BCUT2D eigenvalue weighted by atomic mass is 79.9. The summed E-state index contributed by atoms with van der Waals surface area (Å²) in [5.41, 5.74) is 1.90. The molecule has 0 atom stereocenters. The molecular weight excluding hydrogens is 274 g/mol. The molecule has 6 heteroatoms. The van der Waals surface area contributed by atoms with Gasteiger partial charge in [0, 0.05) is 17.7 Å². The molecule has 0 aliphatic carbocycles. The van der Waals surface area contributed by atoms with E-state index < -0.39 is 5.97 Å². The van der Waals surface area contributed by atoms with Gasteiger partial charge in [-0.3, -0.25) is 0 Å². The maximum atomic E-state index is 11.5. The standard InChI is InChI=1S/C10H10BrN3O2/c1-2-16-10(15)8-5-13-14-6-7(3-11)4-12-9(8)14/h4-6H,2-3H2,1H3. The fourth-order valence-corrected chi connectivity index (χ4v) is 1.62. The van der Waals surface area contributed by atoms with Gasteiger partial charge in [0.05, 0.1) is 12.8 Å². The predicted octanol–water partition coefficient (Wildman–Crippen LogP) is 1.80. The quantitative estimate of drug-likeness (QED) is 0.637. The van der Waals surface area contributed by atoms with Crippen LogP contribution in [0.4, 0.5) is 0 Å². The van der Waals surface area contributed by atoms with Crippen molar-refractivity contribution >= 4 is 27.5 Å². The number of hydrogen-bond acceptors (Lipinski definition) is 4. The normalized spacial score (nSPS) is 10.6. The second-order valence-electron chi connectivity index (χ2n) is 3.14. The molecule has 0 unspecified atom stereocenters. The molecule has 0 aliphatic rings. The first-order valence-electron chi connectivity index (χ1n) is 4.81. The Bertz CT molecular complexity index is 524. The molecule has 84 valence electrons. The van der Waals surface area contributed by atoms with E-state index in [-0.39, 0.29) is 0 Å². The van der Waals surface area contributed by atoms with Gasteiger partial charge in [0.2, 0.25) is 0 Å². The summed E-state index contributed by atoms with van der Waals surface area (Å²) in [4.78, 5) is 15.7. The minimum atomic E-state index is -0.392. The Balaban J connectivity index is 2.45. The van der Waals surface area contributed by atoms with E-state index in [1.54, 1.807) is 17.6 Å². The van der Waals surface area contributed by atoms with Crippen molar-refractivity contribution in [3.63, 3.8) is 0 Å². The van der Waals surface area contributed by atoms with Crippen molar-refractivity contribution in [1.29, 1.82) is 0 Å². The summed E-state index contributed by atoms with van der Waals surface area (Å²) in [6.45, 7) is 2.11. The Kier molecular flexibility index (Phi) is 3.19. The maximum Gasteiger partial charge on any atom is 0.343 e. The van der Waals surface area contributed by atoms with Crippen molar-refractivity contribution in [2.45, 2.75) is 12.3 Å². The third-order valence-corrected chi connectivity index (χ3v) is 2.71. The van der Waals surface area contributed by atoms with Crippen LogP contribution < -0.4 is 0 Å². The lowest BCUT2D eigenvalue weighted by Gasteiger charge is -1.99. The van der Waals surface area contributed by atoms with E-state index in [1.165, 1.54) is 6.20 Å². The van der Waals surface area contributed by atoms with E-state index in [9.17, 15) is 4.79 Å². The van der Waals surface area contributed by atoms with E-state index >= 15 is 0 Å². The third kappa shape index (κ3) is 1.92. The van der Waals surface area contributed by atoms with E-state index in [0.29, 0.717) is 23.1 Å². The lowest BCUT2D eigenvalue weighted by molar-refractivity contribution is 0.0528. The third-order valence-electron chi connectivity index (χ3n) is 2.06. The summed E-state index contributed by atoms with van der Waals surface area (Å²) < 4.78 is 6.48. The molecule has 0 spiro atoms. The van der Waals surface area contributed by atoms with Gasteiger partial charge in [-0.15, -0.1) is 0 Å². The van der Waals surface area contributed by atoms with Crippen LogP contribution in [-0.4, -0.2) is 27.2 Å². The Hall–Kier alpha value is -1.43. The van der Waals surface area contributed by atoms with Crippen LogP contribution in [0.2, 0.25) is 0 Å². The van der Waals surface area contributed by atoms with E-state index in [0.717, 1.165) is 5.56 Å². The van der Waals surface area contributed by atoms with Crippen molar-refractivity contribution in [1.82, 2.24) is 14.6 Å². The zero-order valence-corrected chi connectivity index (χ0v) is 10.3. The van der Waals surface area contributed by atoms with Crippen molar-refractivity contribution in [3.8, 4) is 0 Å². The molecule has 5 nitrogen and oxygen atoms in total. The Morgan fingerprint density at radius 2 is 2.38 bits per heavy atom. The first kappa shape index (κ1) is 11.1. The molecule has 0 amide bonds. The largest absolute Gasteiger partial charge is 0.462 e. The zero-order valence-electron chi connectivity index (χ0n) is 8.68. The number of carbonyl (C=O) groups excluding carboxylic acids is 1. The number of nitrogens with zero attached hydrogens (tertiary/aromatic N) is 3. The summed E-state index contributed by atoms with van der Waals surface area (Å²) in [6, 6.07) is 0. The van der Waals surface area contributed by atoms with Gasteiger partial charge in [0.1, 0.15) is 5.56 Å². The monoisotopic (exact) mass is 283 g/mol. The van der Waals surface area contributed by atoms with Crippen molar-refractivity contribution in [2.75, 3.05) is 6.61 Å². The molecule has 0 saturated carbocycles. The summed E-state index contributed by atoms with van der Waals surface area (Å²) >= 11 is 3.33. The minimum Gasteiger partial charge on any atom is -0.462 e. The van der Waals surface area contributed by atoms with E-state index in [1.807, 2.05) is 6.20 Å². The smallest absolute Gasteiger partial charge is 0.343 e. The van der Waals surface area contributed by atoms with Crippen molar-refractivity contribution in [3.05, 3.63) is 29.7 Å². The molecule has 2 rings (SSSR count). The van der Waals surface area contributed by atoms with Gasteiger partial charge in [-0.05, 0) is 12.5 Å². The number of aromatic nitrogens is 3. The highest BCUT2D eigenvalue weighted by molar-refractivity contribution is 9.08. The molecule has 0 fully saturated rings. The molecule has 0 radical (unpaired) electrons. The van der Waals surface area contributed by atoms with Gasteiger partial charge >= 0.3 is 5.97 Å². The molecule has 0 saturated heterocycles. The summed E-state index contributed by atoms with van der Waals surface area (Å²) in [5.74, 6) is -0.392. The van der Waals surface area contributed by atoms with Gasteiger partial charge in [0.25, 0.3) is 0 Å². The number of halogens is 1. The lowest BCUT2D eigenvalue weighted by atomic mass is 10.3. The average Bonchev–Trinajstić information content (AvgIpc) is 2.71. The molecule has 0 bridgehead atoms. The minimum absolute atomic E-state index is 0.343. The van der Waals surface area contributed by atoms with Crippen molar-refractivity contribution in [2.24, 2.45) is 0 Å². The molecule has 16 heavy (non-hydrogen) atoms. The molecular formula is C10H10BrN3O2. The summed E-state index contributed by atoms with van der Waals surface area (Å²) in [6.07, 6.45) is 4.99. The maximum absolute atomic E-state index is 11.5. The van der Waals surface area contributed by atoms with E-state index in [4.69, 9.17) is 4.74 Å². The first-order valence-corrected chi connectivity index (χ1v) is 5.93. The second-order valence-corrected chi connectivity index (χ2v) is 3.70. The Morgan fingerprint density at radius 3 is 3.06 bits per heavy atom. The molecule has 0 aromatic carbocycles. The number of ether oxygens (including phenoxy) is 1. The lowest BCUT2D eigenvalue weighted by Crippen LogP contribution is -2.05. The molecule has 2 aromatic rings. The number of fused-ring (bicyclic) bond motifs is 1. The predicted molar refractivity (Wildman–Crippen MR) is 61.6 cm³/mol. The fourth-order valence-electron chi connectivity index (χ4n) is 1.34. The summed E-state index contributed by atoms with van der Waals surface area (Å²) in [5, 5.41) is 4.76. The highest BCUT2D eigenvalue weighted by Crippen LogP contribution is 2.11. The highest BCUT2D eigenvalue weighted by Gasteiger charge is 2.14. The van der Waals surface area contributed by atoms with Gasteiger partial charge in [0.15, 0.2) is 5.65 Å².